The van der Waals surface area contributed by atoms with Gasteiger partial charge in [0.15, 0.2) is 0 Å². The van der Waals surface area contributed by atoms with E-state index in [1.807, 2.05) is 26.0 Å². The van der Waals surface area contributed by atoms with E-state index in [4.69, 9.17) is 10.6 Å². The van der Waals surface area contributed by atoms with Crippen LogP contribution < -0.4 is 16.0 Å². The first-order valence-corrected chi connectivity index (χ1v) is 6.29. The lowest BCUT2D eigenvalue weighted by Crippen LogP contribution is -2.30. The molecule has 0 amide bonds. The van der Waals surface area contributed by atoms with Gasteiger partial charge in [-0.2, -0.15) is 0 Å². The molecular formula is C15H18FN3O. The number of ether oxygens (including phenoxy) is 1. The van der Waals surface area contributed by atoms with Gasteiger partial charge in [0.25, 0.3) is 0 Å². The van der Waals surface area contributed by atoms with Crippen LogP contribution in [0.15, 0.2) is 30.6 Å². The van der Waals surface area contributed by atoms with Gasteiger partial charge in [0.1, 0.15) is 11.6 Å². The summed E-state index contributed by atoms with van der Waals surface area (Å²) < 4.78 is 19.2. The number of nitrogens with zero attached hydrogens (tertiary/aromatic N) is 1. The molecule has 1 heterocycles. The van der Waals surface area contributed by atoms with Gasteiger partial charge in [-0.25, -0.2) is 9.82 Å². The Morgan fingerprint density at radius 1 is 1.25 bits per heavy atom. The van der Waals surface area contributed by atoms with Gasteiger partial charge in [-0.15, -0.1) is 0 Å². The van der Waals surface area contributed by atoms with Gasteiger partial charge in [0, 0.05) is 11.8 Å². The summed E-state index contributed by atoms with van der Waals surface area (Å²) in [4.78, 5) is 3.76. The predicted octanol–water partition coefficient (Wildman–Crippen LogP) is 2.40. The first-order valence-electron chi connectivity index (χ1n) is 6.29. The molecule has 0 saturated carbocycles. The van der Waals surface area contributed by atoms with Gasteiger partial charge in [-0.05, 0) is 42.7 Å². The molecule has 0 bridgehead atoms. The Morgan fingerprint density at radius 2 is 2.00 bits per heavy atom. The van der Waals surface area contributed by atoms with Crippen molar-refractivity contribution in [2.75, 3.05) is 7.11 Å². The number of nitrogens with one attached hydrogen (secondary N) is 1. The quantitative estimate of drug-likeness (QED) is 0.664. The predicted molar refractivity (Wildman–Crippen MR) is 75.8 cm³/mol. The molecule has 1 aromatic carbocycles. The number of aryl methyl sites for hydroxylation is 2. The Morgan fingerprint density at radius 3 is 2.60 bits per heavy atom. The molecule has 0 fully saturated rings. The molecule has 4 nitrogen and oxygen atoms in total. The van der Waals surface area contributed by atoms with Crippen molar-refractivity contribution in [2.45, 2.75) is 19.9 Å². The van der Waals surface area contributed by atoms with Crippen LogP contribution in [0.1, 0.15) is 28.3 Å². The highest BCUT2D eigenvalue weighted by atomic mass is 19.1. The number of rotatable bonds is 4. The minimum Gasteiger partial charge on any atom is -0.496 e. The molecule has 0 saturated heterocycles. The summed E-state index contributed by atoms with van der Waals surface area (Å²) in [5, 5.41) is 0. The molecule has 2 aromatic rings. The average molecular weight is 275 g/mol. The highest BCUT2D eigenvalue weighted by molar-refractivity contribution is 5.45. The summed E-state index contributed by atoms with van der Waals surface area (Å²) in [6.45, 7) is 3.89. The van der Waals surface area contributed by atoms with Crippen LogP contribution in [0.4, 0.5) is 4.39 Å². The maximum absolute atomic E-state index is 13.9. The van der Waals surface area contributed by atoms with E-state index in [0.717, 1.165) is 22.4 Å². The molecule has 20 heavy (non-hydrogen) atoms. The van der Waals surface area contributed by atoms with Crippen LogP contribution in [0.5, 0.6) is 5.75 Å². The number of aromatic nitrogens is 1. The summed E-state index contributed by atoms with van der Waals surface area (Å²) in [7, 11) is 1.63. The first-order chi connectivity index (χ1) is 9.58. The highest BCUT2D eigenvalue weighted by Gasteiger charge is 2.19. The fourth-order valence-electron chi connectivity index (χ4n) is 2.31. The molecule has 1 aromatic heterocycles. The number of methoxy groups -OCH3 is 1. The number of hydrazine groups is 1. The second kappa shape index (κ2) is 5.98. The van der Waals surface area contributed by atoms with E-state index in [0.29, 0.717) is 5.56 Å². The third kappa shape index (κ3) is 2.64. The number of hydrogen-bond donors (Lipinski definition) is 2. The van der Waals surface area contributed by atoms with Crippen LogP contribution in [-0.2, 0) is 0 Å². The standard InChI is InChI=1S/C15H18FN3O/c1-9-7-14(20-3)10(2)6-12(9)15(19-17)11-4-5-18-8-13(11)16/h4-8,15,19H,17H2,1-3H3. The van der Waals surface area contributed by atoms with Gasteiger partial charge < -0.3 is 4.74 Å². The number of pyridine rings is 1. The van der Waals surface area contributed by atoms with Crippen LogP contribution in [0.3, 0.4) is 0 Å². The van der Waals surface area contributed by atoms with E-state index < -0.39 is 6.04 Å². The molecule has 2 rings (SSSR count). The molecule has 0 aliphatic carbocycles. The zero-order chi connectivity index (χ0) is 14.7. The molecule has 0 aliphatic heterocycles. The molecule has 0 spiro atoms. The van der Waals surface area contributed by atoms with Crippen molar-refractivity contribution in [3.05, 3.63) is 58.7 Å². The van der Waals surface area contributed by atoms with E-state index in [-0.39, 0.29) is 5.82 Å². The van der Waals surface area contributed by atoms with Crippen LogP contribution in [-0.4, -0.2) is 12.1 Å². The van der Waals surface area contributed by atoms with Crippen molar-refractivity contribution in [3.63, 3.8) is 0 Å². The Hall–Kier alpha value is -1.98. The number of nitrogens with two attached hydrogens (primary N) is 1. The molecule has 1 atom stereocenters. The second-order valence-corrected chi connectivity index (χ2v) is 4.68. The molecule has 0 aliphatic rings. The van der Waals surface area contributed by atoms with Crippen LogP contribution in [0.2, 0.25) is 0 Å². The SMILES string of the molecule is COc1cc(C)c(C(NN)c2ccncc2F)cc1C. The minimum absolute atomic E-state index is 0.386. The Kier molecular flexibility index (Phi) is 4.32. The summed E-state index contributed by atoms with van der Waals surface area (Å²) in [5.41, 5.74) is 6.01. The fraction of sp³-hybridized carbons (Fsp3) is 0.267. The molecule has 5 heteroatoms. The topological polar surface area (TPSA) is 60.2 Å². The van der Waals surface area contributed by atoms with Gasteiger partial charge in [-0.1, -0.05) is 6.07 Å². The zero-order valence-electron chi connectivity index (χ0n) is 11.8. The number of benzene rings is 1. The maximum atomic E-state index is 13.9. The summed E-state index contributed by atoms with van der Waals surface area (Å²) in [6, 6.07) is 5.08. The number of hydrogen-bond acceptors (Lipinski definition) is 4. The second-order valence-electron chi connectivity index (χ2n) is 4.68. The average Bonchev–Trinajstić information content (AvgIpc) is 2.45. The Labute approximate surface area is 117 Å². The van der Waals surface area contributed by atoms with Crippen molar-refractivity contribution in [3.8, 4) is 5.75 Å². The lowest BCUT2D eigenvalue weighted by molar-refractivity contribution is 0.411. The summed E-state index contributed by atoms with van der Waals surface area (Å²) >= 11 is 0. The normalized spacial score (nSPS) is 12.2. The molecule has 3 N–H and O–H groups in total. The third-order valence-electron chi connectivity index (χ3n) is 3.38. The van der Waals surface area contributed by atoms with Crippen molar-refractivity contribution < 1.29 is 9.13 Å². The third-order valence-corrected chi connectivity index (χ3v) is 3.38. The van der Waals surface area contributed by atoms with Crippen LogP contribution in [0.25, 0.3) is 0 Å². The lowest BCUT2D eigenvalue weighted by atomic mass is 9.94. The van der Waals surface area contributed by atoms with Crippen molar-refractivity contribution in [2.24, 2.45) is 5.84 Å². The molecule has 106 valence electrons. The Bertz CT molecular complexity index is 616. The van der Waals surface area contributed by atoms with Crippen molar-refractivity contribution >= 4 is 0 Å². The Balaban J connectivity index is 2.53. The van der Waals surface area contributed by atoms with E-state index in [1.54, 1.807) is 19.4 Å². The van der Waals surface area contributed by atoms with Gasteiger partial charge >= 0.3 is 0 Å². The first kappa shape index (κ1) is 14.4. The van der Waals surface area contributed by atoms with Crippen LogP contribution >= 0.6 is 0 Å². The minimum atomic E-state index is -0.428. The van der Waals surface area contributed by atoms with E-state index in [9.17, 15) is 4.39 Å². The number of halogens is 1. The smallest absolute Gasteiger partial charge is 0.146 e. The monoisotopic (exact) mass is 275 g/mol. The van der Waals surface area contributed by atoms with Gasteiger partial charge in [0.05, 0.1) is 19.3 Å². The fourth-order valence-corrected chi connectivity index (χ4v) is 2.31. The van der Waals surface area contributed by atoms with Crippen molar-refractivity contribution in [1.29, 1.82) is 0 Å². The maximum Gasteiger partial charge on any atom is 0.146 e. The summed E-state index contributed by atoms with van der Waals surface area (Å²) in [5.74, 6) is 6.04. The molecule has 0 radical (unpaired) electrons. The summed E-state index contributed by atoms with van der Waals surface area (Å²) in [6.07, 6.45) is 2.74. The van der Waals surface area contributed by atoms with E-state index in [1.165, 1.54) is 6.20 Å². The highest BCUT2D eigenvalue weighted by Crippen LogP contribution is 2.30. The van der Waals surface area contributed by atoms with E-state index in [2.05, 4.69) is 10.4 Å². The molecular weight excluding hydrogens is 257 g/mol. The molecule has 1 unspecified atom stereocenters. The van der Waals surface area contributed by atoms with Crippen molar-refractivity contribution in [1.82, 2.24) is 10.4 Å². The largest absolute Gasteiger partial charge is 0.496 e. The lowest BCUT2D eigenvalue weighted by Gasteiger charge is -2.21. The zero-order valence-corrected chi connectivity index (χ0v) is 11.8. The van der Waals surface area contributed by atoms with Gasteiger partial charge in [-0.3, -0.25) is 10.8 Å². The van der Waals surface area contributed by atoms with Crippen LogP contribution in [0, 0.1) is 19.7 Å². The van der Waals surface area contributed by atoms with E-state index >= 15 is 0 Å². The van der Waals surface area contributed by atoms with Gasteiger partial charge in [0.2, 0.25) is 0 Å².